The predicted octanol–water partition coefficient (Wildman–Crippen LogP) is 0.942. The van der Waals surface area contributed by atoms with Crippen molar-refractivity contribution in [2.75, 3.05) is 24.7 Å². The van der Waals surface area contributed by atoms with Gasteiger partial charge in [0.25, 0.3) is 0 Å². The lowest BCUT2D eigenvalue weighted by molar-refractivity contribution is 0.236. The Balaban J connectivity index is 1.55. The highest BCUT2D eigenvalue weighted by atomic mass is 32.2. The number of rotatable bonds is 6. The highest BCUT2D eigenvalue weighted by Gasteiger charge is 2.28. The Bertz CT molecular complexity index is 560. The van der Waals surface area contributed by atoms with Crippen LogP contribution in [0.3, 0.4) is 0 Å². The molecule has 1 aromatic rings. The molecule has 0 aromatic heterocycles. The molecule has 21 heavy (non-hydrogen) atoms. The molecule has 1 aliphatic rings. The van der Waals surface area contributed by atoms with E-state index in [4.69, 9.17) is 4.74 Å². The fourth-order valence-corrected chi connectivity index (χ4v) is 3.80. The van der Waals surface area contributed by atoms with Gasteiger partial charge in [-0.15, -0.1) is 0 Å². The Kier molecular flexibility index (Phi) is 5.44. The van der Waals surface area contributed by atoms with E-state index in [1.807, 2.05) is 30.3 Å². The van der Waals surface area contributed by atoms with Gasteiger partial charge in [0.2, 0.25) is 0 Å². The molecule has 1 aromatic carbocycles. The Morgan fingerprint density at radius 3 is 2.71 bits per heavy atom. The molecule has 1 unspecified atom stereocenters. The van der Waals surface area contributed by atoms with Crippen LogP contribution in [0.1, 0.15) is 12.8 Å². The molecule has 1 heterocycles. The number of nitrogens with one attached hydrogen (secondary N) is 2. The largest absolute Gasteiger partial charge is 0.494 e. The highest BCUT2D eigenvalue weighted by Crippen LogP contribution is 2.11. The van der Waals surface area contributed by atoms with Crippen LogP contribution >= 0.6 is 0 Å². The summed E-state index contributed by atoms with van der Waals surface area (Å²) in [5, 5.41) is 5.37. The maximum absolute atomic E-state index is 11.6. The smallest absolute Gasteiger partial charge is 0.315 e. The number of para-hydroxylation sites is 1. The number of ether oxygens (including phenoxy) is 1. The van der Waals surface area contributed by atoms with Crippen molar-refractivity contribution in [3.8, 4) is 5.75 Å². The molecule has 0 aliphatic carbocycles. The summed E-state index contributed by atoms with van der Waals surface area (Å²) in [4.78, 5) is 11.6. The molecule has 2 amide bonds. The second-order valence-corrected chi connectivity index (χ2v) is 7.24. The first-order valence-corrected chi connectivity index (χ1v) is 8.80. The molecule has 1 aliphatic heterocycles. The van der Waals surface area contributed by atoms with Gasteiger partial charge in [0, 0.05) is 12.6 Å². The van der Waals surface area contributed by atoms with Gasteiger partial charge >= 0.3 is 6.03 Å². The quantitative estimate of drug-likeness (QED) is 0.766. The van der Waals surface area contributed by atoms with Crippen LogP contribution in [0.15, 0.2) is 30.3 Å². The number of carbonyl (C=O) groups excluding carboxylic acids is 1. The van der Waals surface area contributed by atoms with Crippen molar-refractivity contribution in [2.45, 2.75) is 18.9 Å². The number of hydrogen-bond acceptors (Lipinski definition) is 4. The summed E-state index contributed by atoms with van der Waals surface area (Å²) < 4.78 is 28.0. The van der Waals surface area contributed by atoms with Crippen molar-refractivity contribution in [1.82, 2.24) is 10.6 Å². The summed E-state index contributed by atoms with van der Waals surface area (Å²) in [6.45, 7) is 1.00. The number of benzene rings is 1. The topological polar surface area (TPSA) is 84.5 Å². The number of urea groups is 1. The summed E-state index contributed by atoms with van der Waals surface area (Å²) in [7, 11) is -2.96. The number of sulfone groups is 1. The first-order valence-electron chi connectivity index (χ1n) is 6.98. The maximum atomic E-state index is 11.6. The van der Waals surface area contributed by atoms with Crippen molar-refractivity contribution in [3.63, 3.8) is 0 Å². The van der Waals surface area contributed by atoms with Gasteiger partial charge in [0.05, 0.1) is 18.1 Å². The van der Waals surface area contributed by atoms with Crippen LogP contribution in [0.5, 0.6) is 5.75 Å². The molecule has 2 N–H and O–H groups in total. The molecule has 7 heteroatoms. The minimum absolute atomic E-state index is 0.0392. The van der Waals surface area contributed by atoms with E-state index in [2.05, 4.69) is 10.6 Å². The van der Waals surface area contributed by atoms with E-state index in [0.29, 0.717) is 26.0 Å². The van der Waals surface area contributed by atoms with Gasteiger partial charge in [-0.1, -0.05) is 18.2 Å². The second kappa shape index (κ2) is 7.31. The maximum Gasteiger partial charge on any atom is 0.315 e. The van der Waals surface area contributed by atoms with Gasteiger partial charge in [0.1, 0.15) is 5.75 Å². The lowest BCUT2D eigenvalue weighted by Crippen LogP contribution is -2.43. The van der Waals surface area contributed by atoms with E-state index < -0.39 is 9.84 Å². The third-order valence-corrected chi connectivity index (χ3v) is 4.95. The highest BCUT2D eigenvalue weighted by molar-refractivity contribution is 7.91. The summed E-state index contributed by atoms with van der Waals surface area (Å²) in [5.74, 6) is 0.999. The van der Waals surface area contributed by atoms with Gasteiger partial charge in [0.15, 0.2) is 9.84 Å². The standard InChI is InChI=1S/C14H20N2O4S/c17-14(16-12-7-10-21(18,19)11-12)15-8-4-9-20-13-5-2-1-3-6-13/h1-3,5-6,12H,4,7-11H2,(H2,15,16,17). The molecule has 0 saturated carbocycles. The summed E-state index contributed by atoms with van der Waals surface area (Å²) in [5.41, 5.74) is 0. The molecule has 1 fully saturated rings. The first-order chi connectivity index (χ1) is 10.1. The van der Waals surface area contributed by atoms with Gasteiger partial charge in [-0.3, -0.25) is 0 Å². The van der Waals surface area contributed by atoms with Gasteiger partial charge in [-0.05, 0) is 25.0 Å². The zero-order chi connectivity index (χ0) is 15.1. The van der Waals surface area contributed by atoms with Crippen LogP contribution in [-0.4, -0.2) is 45.1 Å². The van der Waals surface area contributed by atoms with E-state index in [9.17, 15) is 13.2 Å². The van der Waals surface area contributed by atoms with Gasteiger partial charge in [-0.2, -0.15) is 0 Å². The van der Waals surface area contributed by atoms with Crippen molar-refractivity contribution in [2.24, 2.45) is 0 Å². The Labute approximate surface area is 124 Å². The third-order valence-electron chi connectivity index (χ3n) is 3.19. The van der Waals surface area contributed by atoms with Gasteiger partial charge in [-0.25, -0.2) is 13.2 Å². The van der Waals surface area contributed by atoms with Crippen LogP contribution in [0.25, 0.3) is 0 Å². The van der Waals surface area contributed by atoms with Crippen LogP contribution in [0.4, 0.5) is 4.79 Å². The molecule has 1 saturated heterocycles. The predicted molar refractivity (Wildman–Crippen MR) is 80.1 cm³/mol. The lowest BCUT2D eigenvalue weighted by Gasteiger charge is -2.12. The van der Waals surface area contributed by atoms with Crippen molar-refractivity contribution >= 4 is 15.9 Å². The third kappa shape index (κ3) is 5.63. The average molecular weight is 312 g/mol. The van der Waals surface area contributed by atoms with E-state index in [1.165, 1.54) is 0 Å². The summed E-state index contributed by atoms with van der Waals surface area (Å²) in [6.07, 6.45) is 1.18. The minimum Gasteiger partial charge on any atom is -0.494 e. The van der Waals surface area contributed by atoms with Crippen LogP contribution in [0.2, 0.25) is 0 Å². The average Bonchev–Trinajstić information content (AvgIpc) is 2.78. The Morgan fingerprint density at radius 2 is 2.05 bits per heavy atom. The molecule has 2 rings (SSSR count). The Hall–Kier alpha value is -1.76. The monoisotopic (exact) mass is 312 g/mol. The van der Waals surface area contributed by atoms with E-state index in [-0.39, 0.29) is 23.6 Å². The number of hydrogen-bond donors (Lipinski definition) is 2. The van der Waals surface area contributed by atoms with Crippen LogP contribution in [0, 0.1) is 0 Å². The van der Waals surface area contributed by atoms with Crippen molar-refractivity contribution in [3.05, 3.63) is 30.3 Å². The molecule has 116 valence electrons. The van der Waals surface area contributed by atoms with Gasteiger partial charge < -0.3 is 15.4 Å². The molecule has 1 atom stereocenters. The fraction of sp³-hybridized carbons (Fsp3) is 0.500. The lowest BCUT2D eigenvalue weighted by atomic mass is 10.3. The molecule has 6 nitrogen and oxygen atoms in total. The molecule has 0 bridgehead atoms. The zero-order valence-corrected chi connectivity index (χ0v) is 12.6. The van der Waals surface area contributed by atoms with Crippen LogP contribution in [-0.2, 0) is 9.84 Å². The minimum atomic E-state index is -2.96. The van der Waals surface area contributed by atoms with Crippen LogP contribution < -0.4 is 15.4 Å². The van der Waals surface area contributed by atoms with E-state index in [0.717, 1.165) is 5.75 Å². The molecule has 0 radical (unpaired) electrons. The van der Waals surface area contributed by atoms with Crippen molar-refractivity contribution < 1.29 is 17.9 Å². The van der Waals surface area contributed by atoms with E-state index >= 15 is 0 Å². The van der Waals surface area contributed by atoms with E-state index in [1.54, 1.807) is 0 Å². The molecule has 0 spiro atoms. The molecular formula is C14H20N2O4S. The SMILES string of the molecule is O=C(NCCCOc1ccccc1)NC1CCS(=O)(=O)C1. The van der Waals surface area contributed by atoms with Crippen molar-refractivity contribution in [1.29, 1.82) is 0 Å². The molecular weight excluding hydrogens is 292 g/mol. The summed E-state index contributed by atoms with van der Waals surface area (Å²) in [6, 6.07) is 8.88. The Morgan fingerprint density at radius 1 is 1.29 bits per heavy atom. The fourth-order valence-electron chi connectivity index (χ4n) is 2.13. The normalized spacial score (nSPS) is 19.9. The second-order valence-electron chi connectivity index (χ2n) is 5.02. The first kappa shape index (κ1) is 15.6. The zero-order valence-electron chi connectivity index (χ0n) is 11.7. The number of carbonyl (C=O) groups is 1. The number of amides is 2. The summed E-state index contributed by atoms with van der Waals surface area (Å²) >= 11 is 0.